The molecule has 0 saturated carbocycles. The van der Waals surface area contributed by atoms with E-state index in [0.717, 1.165) is 0 Å². The van der Waals surface area contributed by atoms with Crippen LogP contribution >= 0.6 is 11.6 Å². The molecule has 19 heavy (non-hydrogen) atoms. The third-order valence-corrected chi connectivity index (χ3v) is 3.40. The smallest absolute Gasteiger partial charge is 0.205 e. The zero-order valence-electron chi connectivity index (χ0n) is 9.89. The molecular weight excluding hydrogens is 260 g/mol. The van der Waals surface area contributed by atoms with E-state index >= 15 is 0 Å². The Morgan fingerprint density at radius 1 is 0.684 bits per heavy atom. The summed E-state index contributed by atoms with van der Waals surface area (Å²) in [5, 5.41) is 2.09. The van der Waals surface area contributed by atoms with Crippen molar-refractivity contribution >= 4 is 33.1 Å². The Kier molecular flexibility index (Phi) is 2.80. The van der Waals surface area contributed by atoms with E-state index in [9.17, 15) is 9.59 Å². The molecule has 0 unspecified atom stereocenters. The molecule has 0 fully saturated rings. The number of hydrogen-bond acceptors (Lipinski definition) is 2. The Hall–Kier alpha value is -2.19. The molecule has 2 nitrogen and oxygen atoms in total. The van der Waals surface area contributed by atoms with Crippen LogP contribution in [0.2, 0.25) is 5.02 Å². The lowest BCUT2D eigenvalue weighted by atomic mass is 10.1. The minimum atomic E-state index is -0.319. The molecule has 0 aliphatic heterocycles. The van der Waals surface area contributed by atoms with Crippen molar-refractivity contribution in [1.82, 2.24) is 0 Å². The normalized spacial score (nSPS) is 10.8. The van der Waals surface area contributed by atoms with Gasteiger partial charge in [0.05, 0.1) is 5.02 Å². The SMILES string of the molecule is O=c1c(Cl)cc2ccccc2c(=O)c2ccccc12. The summed E-state index contributed by atoms with van der Waals surface area (Å²) in [4.78, 5) is 24.7. The fourth-order valence-corrected chi connectivity index (χ4v) is 2.40. The average molecular weight is 269 g/mol. The van der Waals surface area contributed by atoms with Crippen LogP contribution in [-0.4, -0.2) is 0 Å². The molecular formula is C16H9ClO2. The van der Waals surface area contributed by atoms with Crippen molar-refractivity contribution in [2.24, 2.45) is 0 Å². The molecule has 0 radical (unpaired) electrons. The number of rotatable bonds is 0. The molecule has 0 saturated heterocycles. The highest BCUT2D eigenvalue weighted by molar-refractivity contribution is 6.31. The Bertz CT molecular complexity index is 917. The summed E-state index contributed by atoms with van der Waals surface area (Å²) < 4.78 is 0. The molecule has 3 rings (SSSR count). The first-order valence-electron chi connectivity index (χ1n) is 5.83. The minimum Gasteiger partial charge on any atom is -0.289 e. The molecule has 3 heteroatoms. The molecule has 0 aliphatic rings. The van der Waals surface area contributed by atoms with Crippen molar-refractivity contribution in [3.63, 3.8) is 0 Å². The van der Waals surface area contributed by atoms with E-state index in [2.05, 4.69) is 0 Å². The summed E-state index contributed by atoms with van der Waals surface area (Å²) in [6, 6.07) is 15.4. The van der Waals surface area contributed by atoms with E-state index in [1.807, 2.05) is 6.07 Å². The van der Waals surface area contributed by atoms with Gasteiger partial charge in [-0.05, 0) is 11.5 Å². The van der Waals surface area contributed by atoms with Gasteiger partial charge >= 0.3 is 0 Å². The van der Waals surface area contributed by atoms with Crippen LogP contribution in [0.3, 0.4) is 0 Å². The van der Waals surface area contributed by atoms with Gasteiger partial charge in [0, 0.05) is 16.2 Å². The first-order valence-corrected chi connectivity index (χ1v) is 6.21. The van der Waals surface area contributed by atoms with E-state index in [1.165, 1.54) is 0 Å². The van der Waals surface area contributed by atoms with Gasteiger partial charge in [-0.2, -0.15) is 0 Å². The predicted molar refractivity (Wildman–Crippen MR) is 79.0 cm³/mol. The van der Waals surface area contributed by atoms with Gasteiger partial charge in [0.1, 0.15) is 0 Å². The molecule has 0 heterocycles. The molecule has 3 aromatic rings. The van der Waals surface area contributed by atoms with Gasteiger partial charge in [-0.15, -0.1) is 0 Å². The Morgan fingerprint density at radius 3 is 1.89 bits per heavy atom. The highest BCUT2D eigenvalue weighted by atomic mass is 35.5. The van der Waals surface area contributed by atoms with Crippen molar-refractivity contribution in [1.29, 1.82) is 0 Å². The van der Waals surface area contributed by atoms with Crippen LogP contribution in [0.5, 0.6) is 0 Å². The summed E-state index contributed by atoms with van der Waals surface area (Å²) in [6.07, 6.45) is 0. The second kappa shape index (κ2) is 4.48. The summed E-state index contributed by atoms with van der Waals surface area (Å²) in [5.41, 5.74) is -0.472. The van der Waals surface area contributed by atoms with Crippen molar-refractivity contribution in [3.8, 4) is 0 Å². The van der Waals surface area contributed by atoms with Crippen LogP contribution in [0.15, 0.2) is 64.2 Å². The number of benzene rings is 2. The molecule has 0 amide bonds. The maximum Gasteiger partial charge on any atom is 0.205 e. The van der Waals surface area contributed by atoms with E-state index in [-0.39, 0.29) is 15.9 Å². The molecule has 0 spiro atoms. The van der Waals surface area contributed by atoms with Gasteiger partial charge < -0.3 is 0 Å². The molecule has 3 aromatic carbocycles. The van der Waals surface area contributed by atoms with Crippen LogP contribution in [0.4, 0.5) is 0 Å². The van der Waals surface area contributed by atoms with Crippen LogP contribution in [0.25, 0.3) is 21.5 Å². The molecule has 0 aromatic heterocycles. The zero-order chi connectivity index (χ0) is 13.4. The largest absolute Gasteiger partial charge is 0.289 e. The van der Waals surface area contributed by atoms with Crippen LogP contribution in [-0.2, 0) is 0 Å². The first kappa shape index (κ1) is 11.9. The van der Waals surface area contributed by atoms with E-state index in [4.69, 9.17) is 11.6 Å². The second-order valence-electron chi connectivity index (χ2n) is 4.28. The Labute approximate surface area is 113 Å². The molecule has 0 aliphatic carbocycles. The molecule has 0 atom stereocenters. The van der Waals surface area contributed by atoms with Crippen molar-refractivity contribution in [2.75, 3.05) is 0 Å². The second-order valence-corrected chi connectivity index (χ2v) is 4.69. The maximum atomic E-state index is 12.5. The lowest BCUT2D eigenvalue weighted by Gasteiger charge is -1.97. The lowest BCUT2D eigenvalue weighted by Crippen LogP contribution is -2.07. The van der Waals surface area contributed by atoms with Crippen LogP contribution < -0.4 is 10.9 Å². The lowest BCUT2D eigenvalue weighted by molar-refractivity contribution is 1.65. The fraction of sp³-hybridized carbons (Fsp3) is 0. The number of hydrogen-bond donors (Lipinski definition) is 0. The van der Waals surface area contributed by atoms with Gasteiger partial charge in [-0.3, -0.25) is 9.59 Å². The van der Waals surface area contributed by atoms with Gasteiger partial charge in [0.15, 0.2) is 5.43 Å². The first-order chi connectivity index (χ1) is 9.18. The highest BCUT2D eigenvalue weighted by Crippen LogP contribution is 2.14. The summed E-state index contributed by atoms with van der Waals surface area (Å²) in [6.45, 7) is 0. The summed E-state index contributed by atoms with van der Waals surface area (Å²) in [7, 11) is 0. The van der Waals surface area contributed by atoms with Gasteiger partial charge in [0.2, 0.25) is 5.43 Å². The van der Waals surface area contributed by atoms with Gasteiger partial charge in [-0.1, -0.05) is 60.1 Å². The molecule has 0 N–H and O–H groups in total. The predicted octanol–water partition coefficient (Wildman–Crippen LogP) is 3.37. The topological polar surface area (TPSA) is 34.1 Å². The monoisotopic (exact) mass is 268 g/mol. The van der Waals surface area contributed by atoms with Crippen LogP contribution in [0, 0.1) is 0 Å². The van der Waals surface area contributed by atoms with Crippen LogP contribution in [0.1, 0.15) is 0 Å². The Morgan fingerprint density at radius 2 is 1.21 bits per heavy atom. The van der Waals surface area contributed by atoms with E-state index < -0.39 is 0 Å². The van der Waals surface area contributed by atoms with Crippen molar-refractivity contribution in [2.45, 2.75) is 0 Å². The standard InChI is InChI=1S/C16H9ClO2/c17-14-9-10-5-1-2-6-11(10)15(18)12-7-3-4-8-13(12)16(14)19/h1-9H. The van der Waals surface area contributed by atoms with Crippen molar-refractivity contribution in [3.05, 3.63) is 80.1 Å². The van der Waals surface area contributed by atoms with Crippen molar-refractivity contribution < 1.29 is 0 Å². The quantitative estimate of drug-likeness (QED) is 0.626. The maximum absolute atomic E-state index is 12.5. The highest BCUT2D eigenvalue weighted by Gasteiger charge is 2.05. The fourth-order valence-electron chi connectivity index (χ4n) is 2.18. The van der Waals surface area contributed by atoms with Gasteiger partial charge in [-0.25, -0.2) is 0 Å². The summed E-state index contributed by atoms with van der Waals surface area (Å²) >= 11 is 6.05. The number of fused-ring (bicyclic) bond motifs is 2. The molecule has 0 bridgehead atoms. The summed E-state index contributed by atoms with van der Waals surface area (Å²) in [5.74, 6) is 0. The van der Waals surface area contributed by atoms with E-state index in [0.29, 0.717) is 21.5 Å². The Balaban J connectivity index is 2.77. The average Bonchev–Trinajstić information content (AvgIpc) is 2.45. The van der Waals surface area contributed by atoms with E-state index in [1.54, 1.807) is 48.5 Å². The minimum absolute atomic E-state index is 0.118. The number of halogens is 1. The zero-order valence-corrected chi connectivity index (χ0v) is 10.6. The third kappa shape index (κ3) is 1.90. The third-order valence-electron chi connectivity index (χ3n) is 3.12. The molecule has 92 valence electrons. The van der Waals surface area contributed by atoms with Gasteiger partial charge in [0.25, 0.3) is 0 Å².